The molecular formula is C53H79N7O8S. The van der Waals surface area contributed by atoms with Crippen LogP contribution in [0.15, 0.2) is 65.1 Å². The minimum absolute atomic E-state index is 0.000692. The number of nitrogens with zero attached hydrogens (tertiary/aromatic N) is 6. The molecular weight excluding hydrogens is 895 g/mol. The Hall–Kier alpha value is -4.86. The molecule has 69 heavy (non-hydrogen) atoms. The van der Waals surface area contributed by atoms with Gasteiger partial charge >= 0.3 is 5.97 Å². The number of thiazole rings is 1. The molecule has 0 saturated carbocycles. The molecule has 2 amide bonds. The first-order chi connectivity index (χ1) is 33.3. The molecule has 1 N–H and O–H groups in total. The van der Waals surface area contributed by atoms with E-state index >= 15 is 0 Å². The number of nitrogens with one attached hydrogen (secondary N) is 1. The summed E-state index contributed by atoms with van der Waals surface area (Å²) in [7, 11) is 2.01. The van der Waals surface area contributed by atoms with Crippen LogP contribution in [-0.4, -0.2) is 103 Å². The van der Waals surface area contributed by atoms with Crippen LogP contribution in [-0.2, 0) is 41.6 Å². The first-order valence-electron chi connectivity index (χ1n) is 25.2. The molecule has 0 unspecified atom stereocenters. The molecule has 1 aliphatic heterocycles. The van der Waals surface area contributed by atoms with Crippen LogP contribution in [0.1, 0.15) is 145 Å². The fourth-order valence-electron chi connectivity index (χ4n) is 8.77. The van der Waals surface area contributed by atoms with Gasteiger partial charge in [-0.2, -0.15) is 0 Å². The predicted molar refractivity (Wildman–Crippen MR) is 271 cm³/mol. The van der Waals surface area contributed by atoms with E-state index in [4.69, 9.17) is 29.5 Å². The Labute approximate surface area is 415 Å². The van der Waals surface area contributed by atoms with Gasteiger partial charge in [-0.1, -0.05) is 102 Å². The highest BCUT2D eigenvalue weighted by Crippen LogP contribution is 2.34. The van der Waals surface area contributed by atoms with Gasteiger partial charge in [0.25, 0.3) is 5.91 Å². The van der Waals surface area contributed by atoms with Crippen molar-refractivity contribution in [1.29, 1.82) is 0 Å². The number of hydrogen-bond acceptors (Lipinski definition) is 12. The fraction of sp³-hybridized carbons (Fsp3) is 0.642. The lowest BCUT2D eigenvalue weighted by atomic mass is 9.82. The van der Waals surface area contributed by atoms with Gasteiger partial charge in [0.15, 0.2) is 5.78 Å². The van der Waals surface area contributed by atoms with Crippen molar-refractivity contribution >= 4 is 34.9 Å². The summed E-state index contributed by atoms with van der Waals surface area (Å²) in [5, 5.41) is 9.12. The van der Waals surface area contributed by atoms with Gasteiger partial charge in [0, 0.05) is 60.9 Å². The Bertz CT molecular complexity index is 2050. The zero-order valence-corrected chi connectivity index (χ0v) is 43.3. The van der Waals surface area contributed by atoms with Crippen molar-refractivity contribution in [1.82, 2.24) is 20.1 Å². The van der Waals surface area contributed by atoms with Gasteiger partial charge in [-0.3, -0.25) is 24.1 Å². The standard InChI is InChI=1S/C53H79N7O8S/c1-9-28-67-49(33-47(37(4)5)60(36-65-11-3)52(63)44(38(6)10-2)32-48(61)46-21-15-17-27-59(46)8)51-57-45(35-69-51)50(62)56-42(30-39(7)53(64)68-34-41-19-13-12-14-20-41)31-40-22-24-43(25-23-40)66-29-18-16-26-55-58-54/h12-14,19-20,22-25,35,37-39,42,44,46-47,49H,9-11,15-18,21,26-34,36H2,1-8H3,(H,56,62)/t38-,39-,42+,44-,46+,47+,49+/m0/s1. The predicted octanol–water partition coefficient (Wildman–Crippen LogP) is 10.5. The van der Waals surface area contributed by atoms with E-state index in [0.29, 0.717) is 56.4 Å². The lowest BCUT2D eigenvalue weighted by molar-refractivity contribution is -0.151. The minimum Gasteiger partial charge on any atom is -0.494 e. The summed E-state index contributed by atoms with van der Waals surface area (Å²) in [4.78, 5) is 67.9. The van der Waals surface area contributed by atoms with Gasteiger partial charge in [-0.25, -0.2) is 4.98 Å². The van der Waals surface area contributed by atoms with Crippen molar-refractivity contribution in [3.63, 3.8) is 0 Å². The molecule has 0 radical (unpaired) electrons. The third kappa shape index (κ3) is 18.8. The largest absolute Gasteiger partial charge is 0.494 e. The number of hydrogen-bond donors (Lipinski definition) is 1. The number of Topliss-reactive ketones (excluding diaryl/α,β-unsaturated/α-hetero) is 1. The van der Waals surface area contributed by atoms with E-state index in [-0.39, 0.29) is 72.9 Å². The van der Waals surface area contributed by atoms with Gasteiger partial charge in [-0.05, 0) is 106 Å². The molecule has 0 bridgehead atoms. The number of amides is 2. The molecule has 2 aromatic carbocycles. The van der Waals surface area contributed by atoms with Gasteiger partial charge in [-0.15, -0.1) is 11.3 Å². The molecule has 1 aliphatic rings. The number of carbonyl (C=O) groups excluding carboxylic acids is 4. The van der Waals surface area contributed by atoms with Crippen molar-refractivity contribution in [2.45, 2.75) is 150 Å². The topological polar surface area (TPSA) is 185 Å². The molecule has 4 rings (SSSR count). The smallest absolute Gasteiger partial charge is 0.309 e. The zero-order valence-electron chi connectivity index (χ0n) is 42.5. The zero-order chi connectivity index (χ0) is 50.1. The summed E-state index contributed by atoms with van der Waals surface area (Å²) < 4.78 is 24.1. The van der Waals surface area contributed by atoms with Crippen molar-refractivity contribution < 1.29 is 38.1 Å². The van der Waals surface area contributed by atoms with Crippen molar-refractivity contribution in [2.24, 2.45) is 28.8 Å². The summed E-state index contributed by atoms with van der Waals surface area (Å²) in [6.45, 7) is 17.0. The van der Waals surface area contributed by atoms with Crippen LogP contribution in [0.4, 0.5) is 0 Å². The number of esters is 1. The molecule has 2 heterocycles. The number of azide groups is 1. The van der Waals surface area contributed by atoms with Crippen molar-refractivity contribution in [2.75, 3.05) is 46.7 Å². The molecule has 0 spiro atoms. The highest BCUT2D eigenvalue weighted by molar-refractivity contribution is 7.09. The second-order valence-corrected chi connectivity index (χ2v) is 19.7. The molecule has 1 fully saturated rings. The minimum atomic E-state index is -0.526. The summed E-state index contributed by atoms with van der Waals surface area (Å²) >= 11 is 1.35. The SMILES string of the molecule is CCCO[C@H](C[C@H](C(C)C)N(COCC)C(=O)[C@@H](CC(=O)[C@H]1CCCCN1C)[C@@H](C)CC)c1nc(C(=O)N[C@@H](Cc2ccc(OCCCCN=[N+]=[N-])cc2)C[C@H](C)C(=O)OCc2ccccc2)cs1. The van der Waals surface area contributed by atoms with Crippen LogP contribution in [0.2, 0.25) is 0 Å². The second kappa shape index (κ2) is 30.7. The molecule has 15 nitrogen and oxygen atoms in total. The van der Waals surface area contributed by atoms with Crippen molar-refractivity contribution in [3.05, 3.63) is 92.2 Å². The third-order valence-corrected chi connectivity index (χ3v) is 14.0. The van der Waals surface area contributed by atoms with E-state index in [1.165, 1.54) is 11.3 Å². The van der Waals surface area contributed by atoms with Gasteiger partial charge in [0.2, 0.25) is 5.91 Å². The number of likely N-dealkylation sites (tertiary alicyclic amines) is 1. The van der Waals surface area contributed by atoms with E-state index in [1.807, 2.05) is 87.3 Å². The van der Waals surface area contributed by atoms with Gasteiger partial charge < -0.3 is 29.2 Å². The van der Waals surface area contributed by atoms with Crippen LogP contribution in [0.25, 0.3) is 10.4 Å². The molecule has 7 atom stereocenters. The third-order valence-electron chi connectivity index (χ3n) is 13.1. The maximum atomic E-state index is 14.9. The Morgan fingerprint density at radius 3 is 2.39 bits per heavy atom. The highest BCUT2D eigenvalue weighted by atomic mass is 32.1. The molecule has 1 aromatic heterocycles. The molecule has 0 aliphatic carbocycles. The van der Waals surface area contributed by atoms with E-state index in [0.717, 1.165) is 62.6 Å². The van der Waals surface area contributed by atoms with E-state index in [2.05, 4.69) is 47.9 Å². The number of aromatic nitrogens is 1. The lowest BCUT2D eigenvalue weighted by Gasteiger charge is -2.39. The molecule has 1 saturated heterocycles. The van der Waals surface area contributed by atoms with Crippen molar-refractivity contribution in [3.8, 4) is 5.75 Å². The monoisotopic (exact) mass is 974 g/mol. The Morgan fingerprint density at radius 1 is 0.971 bits per heavy atom. The second-order valence-electron chi connectivity index (χ2n) is 18.8. The number of rotatable bonds is 32. The molecule has 3 aromatic rings. The number of ketones is 1. The number of ether oxygens (including phenoxy) is 4. The maximum absolute atomic E-state index is 14.9. The normalized spacial score (nSPS) is 16.6. The first-order valence-corrected chi connectivity index (χ1v) is 26.1. The quantitative estimate of drug-likeness (QED) is 0.0158. The number of unbranched alkanes of at least 4 members (excludes halogenated alkanes) is 1. The number of benzene rings is 2. The first kappa shape index (κ1) is 56.7. The number of carbonyl (C=O) groups is 4. The number of piperidine rings is 1. The molecule has 380 valence electrons. The average Bonchev–Trinajstić information content (AvgIpc) is 3.85. The Balaban J connectivity index is 1.55. The van der Waals surface area contributed by atoms with E-state index in [9.17, 15) is 19.2 Å². The van der Waals surface area contributed by atoms with Crippen LogP contribution in [0.3, 0.4) is 0 Å². The molecule has 16 heteroatoms. The maximum Gasteiger partial charge on any atom is 0.309 e. The highest BCUT2D eigenvalue weighted by Gasteiger charge is 2.39. The van der Waals surface area contributed by atoms with E-state index < -0.39 is 24.0 Å². The van der Waals surface area contributed by atoms with Gasteiger partial charge in [0.05, 0.1) is 18.6 Å². The average molecular weight is 974 g/mol. The van der Waals surface area contributed by atoms with Crippen LogP contribution in [0.5, 0.6) is 5.75 Å². The Kier molecular flexibility index (Phi) is 25.2. The summed E-state index contributed by atoms with van der Waals surface area (Å²) in [6.07, 6.45) is 6.74. The summed E-state index contributed by atoms with van der Waals surface area (Å²) in [6, 6.07) is 16.2. The summed E-state index contributed by atoms with van der Waals surface area (Å²) in [5.41, 5.74) is 10.6. The Morgan fingerprint density at radius 2 is 1.72 bits per heavy atom. The van der Waals surface area contributed by atoms with Crippen LogP contribution >= 0.6 is 11.3 Å². The van der Waals surface area contributed by atoms with E-state index in [1.54, 1.807) is 5.38 Å². The van der Waals surface area contributed by atoms with Crippen LogP contribution in [0, 0.1) is 23.7 Å². The lowest BCUT2D eigenvalue weighted by Crippen LogP contribution is -2.50. The fourth-order valence-corrected chi connectivity index (χ4v) is 9.63. The van der Waals surface area contributed by atoms with Gasteiger partial charge in [0.1, 0.15) is 35.9 Å². The summed E-state index contributed by atoms with van der Waals surface area (Å²) in [5.74, 6) is -1.02. The van der Waals surface area contributed by atoms with Crippen LogP contribution < -0.4 is 10.1 Å². The number of likely N-dealkylation sites (N-methyl/N-ethyl adjacent to an activating group) is 1.